The molecule has 0 saturated carbocycles. The number of nitrogens with zero attached hydrogens (tertiary/aromatic N) is 1. The molecule has 0 atom stereocenters. The highest BCUT2D eigenvalue weighted by atomic mass is 32.2. The maximum absolute atomic E-state index is 11.8. The van der Waals surface area contributed by atoms with Gasteiger partial charge in [0.1, 0.15) is 0 Å². The van der Waals surface area contributed by atoms with Crippen LogP contribution in [0.4, 0.5) is 0 Å². The van der Waals surface area contributed by atoms with Gasteiger partial charge in [-0.2, -0.15) is 11.8 Å². The van der Waals surface area contributed by atoms with E-state index in [9.17, 15) is 4.79 Å². The molecular weight excluding hydrogens is 400 g/mol. The van der Waals surface area contributed by atoms with Gasteiger partial charge in [-0.1, -0.05) is 90.4 Å². The summed E-state index contributed by atoms with van der Waals surface area (Å²) < 4.78 is 0.966. The summed E-state index contributed by atoms with van der Waals surface area (Å²) in [6.45, 7) is 4.22. The number of carbonyl (C=O) groups is 1. The standard InChI is InChI=1S/C27H56N2OS/c1-5-6-7-8-9-13-16-19-25-31-26-20-17-14-11-10-12-15-18-22-27(30)28-23-21-24-29(2,3)4/h5-26H2,1-4H3/p+1. The molecule has 0 aliphatic rings. The normalized spacial score (nSPS) is 11.7. The number of thioether (sulfide) groups is 1. The second kappa shape index (κ2) is 23.0. The number of unbranched alkanes of at least 4 members (excludes halogenated alkanes) is 14. The molecule has 0 aromatic rings. The van der Waals surface area contributed by atoms with Gasteiger partial charge in [-0.25, -0.2) is 0 Å². The molecule has 0 aliphatic heterocycles. The monoisotopic (exact) mass is 457 g/mol. The van der Waals surface area contributed by atoms with E-state index in [1.807, 2.05) is 0 Å². The zero-order chi connectivity index (χ0) is 23.0. The van der Waals surface area contributed by atoms with Crippen molar-refractivity contribution in [2.75, 3.05) is 45.7 Å². The van der Waals surface area contributed by atoms with Gasteiger partial charge in [0.05, 0.1) is 27.7 Å². The number of nitrogens with one attached hydrogen (secondary N) is 1. The first-order valence-corrected chi connectivity index (χ1v) is 14.8. The summed E-state index contributed by atoms with van der Waals surface area (Å²) in [5.74, 6) is 2.98. The van der Waals surface area contributed by atoms with Crippen molar-refractivity contribution in [3.05, 3.63) is 0 Å². The quantitative estimate of drug-likeness (QED) is 0.119. The molecule has 0 unspecified atom stereocenters. The van der Waals surface area contributed by atoms with Crippen LogP contribution >= 0.6 is 11.8 Å². The average molecular weight is 458 g/mol. The minimum absolute atomic E-state index is 0.242. The van der Waals surface area contributed by atoms with Gasteiger partial charge < -0.3 is 9.80 Å². The Morgan fingerprint density at radius 1 is 0.645 bits per heavy atom. The van der Waals surface area contributed by atoms with Gasteiger partial charge in [0.2, 0.25) is 5.91 Å². The van der Waals surface area contributed by atoms with Crippen molar-refractivity contribution in [3.63, 3.8) is 0 Å². The van der Waals surface area contributed by atoms with Crippen LogP contribution in [-0.4, -0.2) is 56.1 Å². The van der Waals surface area contributed by atoms with Crippen LogP contribution in [-0.2, 0) is 4.79 Å². The van der Waals surface area contributed by atoms with Crippen molar-refractivity contribution in [1.29, 1.82) is 0 Å². The van der Waals surface area contributed by atoms with Crippen LogP contribution in [0, 0.1) is 0 Å². The van der Waals surface area contributed by atoms with Crippen LogP contribution in [0.5, 0.6) is 0 Å². The number of hydrogen-bond donors (Lipinski definition) is 1. The summed E-state index contributed by atoms with van der Waals surface area (Å²) in [5, 5.41) is 3.06. The van der Waals surface area contributed by atoms with Gasteiger partial charge in [0.25, 0.3) is 0 Å². The Morgan fingerprint density at radius 2 is 1.10 bits per heavy atom. The van der Waals surface area contributed by atoms with Gasteiger partial charge in [-0.3, -0.25) is 4.79 Å². The molecule has 0 spiro atoms. The highest BCUT2D eigenvalue weighted by molar-refractivity contribution is 7.99. The van der Waals surface area contributed by atoms with Crippen molar-refractivity contribution < 1.29 is 9.28 Å². The van der Waals surface area contributed by atoms with Gasteiger partial charge in [0, 0.05) is 19.4 Å². The minimum Gasteiger partial charge on any atom is -0.356 e. The van der Waals surface area contributed by atoms with Crippen molar-refractivity contribution >= 4 is 17.7 Å². The predicted molar refractivity (Wildman–Crippen MR) is 142 cm³/mol. The van der Waals surface area contributed by atoms with Crippen LogP contribution in [0.3, 0.4) is 0 Å². The summed E-state index contributed by atoms with van der Waals surface area (Å²) in [4.78, 5) is 11.8. The summed E-state index contributed by atoms with van der Waals surface area (Å²) in [5.41, 5.74) is 0. The molecule has 1 amide bonds. The topological polar surface area (TPSA) is 29.1 Å². The number of rotatable bonds is 24. The summed E-state index contributed by atoms with van der Waals surface area (Å²) in [6.07, 6.45) is 23.7. The van der Waals surface area contributed by atoms with Gasteiger partial charge in [-0.05, 0) is 30.8 Å². The third kappa shape index (κ3) is 27.7. The summed E-state index contributed by atoms with van der Waals surface area (Å²) in [6, 6.07) is 0. The molecule has 186 valence electrons. The van der Waals surface area contributed by atoms with E-state index in [0.717, 1.165) is 30.4 Å². The van der Waals surface area contributed by atoms with Crippen molar-refractivity contribution in [2.24, 2.45) is 0 Å². The Kier molecular flexibility index (Phi) is 22.8. The van der Waals surface area contributed by atoms with E-state index in [0.29, 0.717) is 6.42 Å². The van der Waals surface area contributed by atoms with Crippen molar-refractivity contribution in [3.8, 4) is 0 Å². The molecule has 0 aromatic carbocycles. The molecule has 4 heteroatoms. The maximum atomic E-state index is 11.8. The molecule has 0 bridgehead atoms. The predicted octanol–water partition coefficient (Wildman–Crippen LogP) is 7.58. The fourth-order valence-corrected chi connectivity index (χ4v) is 4.88. The lowest BCUT2D eigenvalue weighted by Gasteiger charge is -2.23. The molecule has 0 rings (SSSR count). The molecule has 0 aromatic heterocycles. The maximum Gasteiger partial charge on any atom is 0.219 e. The van der Waals surface area contributed by atoms with Gasteiger partial charge in [0.15, 0.2) is 0 Å². The van der Waals surface area contributed by atoms with Crippen LogP contribution in [0.25, 0.3) is 0 Å². The molecule has 1 N–H and O–H groups in total. The van der Waals surface area contributed by atoms with E-state index in [1.54, 1.807) is 0 Å². The smallest absolute Gasteiger partial charge is 0.219 e. The van der Waals surface area contributed by atoms with E-state index < -0.39 is 0 Å². The van der Waals surface area contributed by atoms with E-state index in [2.05, 4.69) is 45.1 Å². The third-order valence-electron chi connectivity index (χ3n) is 5.91. The van der Waals surface area contributed by atoms with Crippen LogP contribution < -0.4 is 5.32 Å². The summed E-state index contributed by atoms with van der Waals surface area (Å²) in [7, 11) is 6.58. The number of carbonyl (C=O) groups excluding carboxylic acids is 1. The zero-order valence-electron chi connectivity index (χ0n) is 21.8. The van der Waals surface area contributed by atoms with Crippen LogP contribution in [0.2, 0.25) is 0 Å². The first-order valence-electron chi connectivity index (χ1n) is 13.6. The van der Waals surface area contributed by atoms with Gasteiger partial charge in [-0.15, -0.1) is 0 Å². The Balaban J connectivity index is 3.14. The van der Waals surface area contributed by atoms with Crippen molar-refractivity contribution in [2.45, 2.75) is 122 Å². The second-order valence-corrected chi connectivity index (χ2v) is 11.6. The molecule has 0 fully saturated rings. The Morgan fingerprint density at radius 3 is 1.58 bits per heavy atom. The minimum atomic E-state index is 0.242. The fraction of sp³-hybridized carbons (Fsp3) is 0.963. The first-order chi connectivity index (χ1) is 15.0. The molecule has 3 nitrogen and oxygen atoms in total. The Hall–Kier alpha value is -0.220. The first kappa shape index (κ1) is 30.8. The lowest BCUT2D eigenvalue weighted by Crippen LogP contribution is -2.37. The van der Waals surface area contributed by atoms with Crippen molar-refractivity contribution in [1.82, 2.24) is 5.32 Å². The highest BCUT2D eigenvalue weighted by Crippen LogP contribution is 2.14. The lowest BCUT2D eigenvalue weighted by atomic mass is 10.1. The molecular formula is C27H57N2OS+. The highest BCUT2D eigenvalue weighted by Gasteiger charge is 2.06. The lowest BCUT2D eigenvalue weighted by molar-refractivity contribution is -0.870. The van der Waals surface area contributed by atoms with E-state index >= 15 is 0 Å². The van der Waals surface area contributed by atoms with E-state index in [-0.39, 0.29) is 5.91 Å². The number of quaternary nitrogens is 1. The molecule has 0 radical (unpaired) electrons. The van der Waals surface area contributed by atoms with Crippen LogP contribution in [0.15, 0.2) is 0 Å². The zero-order valence-corrected chi connectivity index (χ0v) is 22.6. The number of hydrogen-bond acceptors (Lipinski definition) is 2. The second-order valence-electron chi connectivity index (χ2n) is 10.4. The SMILES string of the molecule is CCCCCCCCCCSCCCCCCCCCCC(=O)NCCC[N+](C)(C)C. The van der Waals surface area contributed by atoms with Gasteiger partial charge >= 0.3 is 0 Å². The van der Waals surface area contributed by atoms with E-state index in [4.69, 9.17) is 0 Å². The number of amides is 1. The molecule has 0 aliphatic carbocycles. The molecule has 0 saturated heterocycles. The fourth-order valence-electron chi connectivity index (χ4n) is 3.86. The average Bonchev–Trinajstić information content (AvgIpc) is 2.72. The molecule has 31 heavy (non-hydrogen) atoms. The summed E-state index contributed by atoms with van der Waals surface area (Å²) >= 11 is 2.17. The largest absolute Gasteiger partial charge is 0.356 e. The Labute approximate surface area is 200 Å². The molecule has 0 heterocycles. The van der Waals surface area contributed by atoms with E-state index in [1.165, 1.54) is 108 Å². The van der Waals surface area contributed by atoms with Crippen LogP contribution in [0.1, 0.15) is 122 Å². The Bertz CT molecular complexity index is 382. The third-order valence-corrected chi connectivity index (χ3v) is 7.07.